The zero-order valence-corrected chi connectivity index (χ0v) is 15.3. The predicted molar refractivity (Wildman–Crippen MR) is 100 cm³/mol. The molecule has 1 aliphatic carbocycles. The van der Waals surface area contributed by atoms with Gasteiger partial charge in [0.05, 0.1) is 6.26 Å². The quantitative estimate of drug-likeness (QED) is 0.750. The van der Waals surface area contributed by atoms with Crippen molar-refractivity contribution in [1.29, 1.82) is 0 Å². The SMILES string of the molecule is Cc1ccc([C@H]2C3=C(C[C@H](c4ccco4)CC3=O)Nc3nc(C)nn32)cc1. The van der Waals surface area contributed by atoms with Gasteiger partial charge in [-0.1, -0.05) is 29.8 Å². The van der Waals surface area contributed by atoms with Crippen molar-refractivity contribution in [2.75, 3.05) is 5.32 Å². The molecule has 136 valence electrons. The molecule has 2 aromatic heterocycles. The van der Waals surface area contributed by atoms with Crippen molar-refractivity contribution < 1.29 is 9.21 Å². The minimum absolute atomic E-state index is 0.0491. The van der Waals surface area contributed by atoms with Gasteiger partial charge in [-0.05, 0) is 38.0 Å². The second-order valence-corrected chi connectivity index (χ2v) is 7.30. The third-order valence-corrected chi connectivity index (χ3v) is 5.36. The van der Waals surface area contributed by atoms with Crippen molar-refractivity contribution >= 4 is 11.7 Å². The van der Waals surface area contributed by atoms with E-state index in [1.807, 2.05) is 23.7 Å². The van der Waals surface area contributed by atoms with E-state index in [1.165, 1.54) is 5.56 Å². The molecule has 0 bridgehead atoms. The van der Waals surface area contributed by atoms with Crippen molar-refractivity contribution in [2.24, 2.45) is 0 Å². The van der Waals surface area contributed by atoms with Crippen LogP contribution in [0.2, 0.25) is 0 Å². The smallest absolute Gasteiger partial charge is 0.226 e. The average molecular weight is 360 g/mol. The highest BCUT2D eigenvalue weighted by atomic mass is 16.3. The fraction of sp³-hybridized carbons (Fsp3) is 0.286. The molecule has 6 nitrogen and oxygen atoms in total. The number of anilines is 1. The number of hydrogen-bond donors (Lipinski definition) is 1. The summed E-state index contributed by atoms with van der Waals surface area (Å²) in [6.07, 6.45) is 2.83. The number of allylic oxidation sites excluding steroid dienone is 2. The molecule has 0 radical (unpaired) electrons. The summed E-state index contributed by atoms with van der Waals surface area (Å²) in [5.74, 6) is 2.41. The normalized spacial score (nSPS) is 21.6. The molecule has 0 saturated heterocycles. The van der Waals surface area contributed by atoms with Crippen molar-refractivity contribution in [2.45, 2.75) is 38.6 Å². The minimum Gasteiger partial charge on any atom is -0.469 e. The molecule has 0 unspecified atom stereocenters. The van der Waals surface area contributed by atoms with Gasteiger partial charge in [-0.3, -0.25) is 4.79 Å². The Morgan fingerprint density at radius 3 is 2.70 bits per heavy atom. The average Bonchev–Trinajstić information content (AvgIpc) is 3.29. The third kappa shape index (κ3) is 2.60. The fourth-order valence-corrected chi connectivity index (χ4v) is 4.10. The van der Waals surface area contributed by atoms with E-state index in [4.69, 9.17) is 4.42 Å². The van der Waals surface area contributed by atoms with Gasteiger partial charge in [0.15, 0.2) is 5.78 Å². The van der Waals surface area contributed by atoms with Crippen LogP contribution in [0.1, 0.15) is 47.5 Å². The van der Waals surface area contributed by atoms with Crippen LogP contribution >= 0.6 is 0 Å². The zero-order valence-electron chi connectivity index (χ0n) is 15.3. The molecule has 0 spiro atoms. The lowest BCUT2D eigenvalue weighted by Crippen LogP contribution is -2.33. The first-order valence-corrected chi connectivity index (χ1v) is 9.16. The number of benzene rings is 1. The van der Waals surface area contributed by atoms with Crippen molar-refractivity contribution in [3.8, 4) is 0 Å². The molecule has 0 fully saturated rings. The van der Waals surface area contributed by atoms with Gasteiger partial charge in [0.25, 0.3) is 0 Å². The third-order valence-electron chi connectivity index (χ3n) is 5.36. The number of nitrogens with zero attached hydrogens (tertiary/aromatic N) is 3. The highest BCUT2D eigenvalue weighted by Gasteiger charge is 2.40. The van der Waals surface area contributed by atoms with Gasteiger partial charge in [0.2, 0.25) is 5.95 Å². The first kappa shape index (κ1) is 16.1. The monoisotopic (exact) mass is 360 g/mol. The largest absolute Gasteiger partial charge is 0.469 e. The van der Waals surface area contributed by atoms with Crippen LogP contribution in [0.4, 0.5) is 5.95 Å². The van der Waals surface area contributed by atoms with Crippen LogP contribution in [0, 0.1) is 13.8 Å². The van der Waals surface area contributed by atoms with Crippen LogP contribution in [-0.4, -0.2) is 20.5 Å². The molecule has 6 heteroatoms. The Morgan fingerprint density at radius 1 is 1.15 bits per heavy atom. The first-order chi connectivity index (χ1) is 13.1. The van der Waals surface area contributed by atoms with Gasteiger partial charge >= 0.3 is 0 Å². The molecule has 2 aliphatic rings. The number of aromatic nitrogens is 3. The number of carbonyl (C=O) groups excluding carboxylic acids is 1. The van der Waals surface area contributed by atoms with Crippen LogP contribution < -0.4 is 5.32 Å². The Bertz CT molecular complexity index is 1040. The second kappa shape index (κ2) is 5.94. The van der Waals surface area contributed by atoms with Gasteiger partial charge < -0.3 is 9.73 Å². The number of ketones is 1. The maximum atomic E-state index is 13.2. The molecular formula is C21H20N4O2. The number of carbonyl (C=O) groups is 1. The molecule has 3 heterocycles. The standard InChI is InChI=1S/C21H20N4O2/c1-12-5-7-14(8-6-12)20-19-16(23-21-22-13(2)24-25(20)21)10-15(11-17(19)26)18-4-3-9-27-18/h3-9,15,20H,10-11H2,1-2H3,(H,22,23,24)/t15-,20-/m0/s1. The molecular weight excluding hydrogens is 340 g/mol. The maximum Gasteiger partial charge on any atom is 0.226 e. The van der Waals surface area contributed by atoms with Crippen LogP contribution in [-0.2, 0) is 4.79 Å². The highest BCUT2D eigenvalue weighted by molar-refractivity contribution is 6.00. The Morgan fingerprint density at radius 2 is 1.96 bits per heavy atom. The van der Waals surface area contributed by atoms with Gasteiger partial charge in [-0.15, -0.1) is 0 Å². The zero-order chi connectivity index (χ0) is 18.5. The molecule has 3 aromatic rings. The minimum atomic E-state index is -0.247. The van der Waals surface area contributed by atoms with E-state index in [0.29, 0.717) is 18.2 Å². The van der Waals surface area contributed by atoms with E-state index < -0.39 is 0 Å². The number of rotatable bonds is 2. The summed E-state index contributed by atoms with van der Waals surface area (Å²) in [5, 5.41) is 7.92. The van der Waals surface area contributed by atoms with E-state index in [2.05, 4.69) is 46.6 Å². The summed E-state index contributed by atoms with van der Waals surface area (Å²) in [6, 6.07) is 11.8. The maximum absolute atomic E-state index is 13.2. The second-order valence-electron chi connectivity index (χ2n) is 7.30. The van der Waals surface area contributed by atoms with Crippen LogP contribution in [0.15, 0.2) is 58.3 Å². The Kier molecular flexibility index (Phi) is 3.53. The van der Waals surface area contributed by atoms with E-state index in [1.54, 1.807) is 6.26 Å². The molecule has 2 atom stereocenters. The lowest BCUT2D eigenvalue weighted by molar-refractivity contribution is -0.117. The van der Waals surface area contributed by atoms with E-state index in [0.717, 1.165) is 29.0 Å². The van der Waals surface area contributed by atoms with Crippen molar-refractivity contribution in [3.63, 3.8) is 0 Å². The number of furan rings is 1. The van der Waals surface area contributed by atoms with E-state index in [-0.39, 0.29) is 17.7 Å². The summed E-state index contributed by atoms with van der Waals surface area (Å²) < 4.78 is 7.40. The summed E-state index contributed by atoms with van der Waals surface area (Å²) in [4.78, 5) is 17.7. The topological polar surface area (TPSA) is 73.0 Å². The highest BCUT2D eigenvalue weighted by Crippen LogP contribution is 2.44. The van der Waals surface area contributed by atoms with Gasteiger partial charge in [-0.25, -0.2) is 4.68 Å². The molecule has 0 amide bonds. The lowest BCUT2D eigenvalue weighted by atomic mass is 9.79. The Labute approximate surface area is 156 Å². The van der Waals surface area contributed by atoms with Crippen molar-refractivity contribution in [1.82, 2.24) is 14.8 Å². The summed E-state index contributed by atoms with van der Waals surface area (Å²) in [5.41, 5.74) is 3.95. The Balaban J connectivity index is 1.63. The van der Waals surface area contributed by atoms with Crippen molar-refractivity contribution in [3.05, 3.63) is 76.6 Å². The molecule has 1 N–H and O–H groups in total. The molecule has 1 aliphatic heterocycles. The molecule has 1 aromatic carbocycles. The molecule has 27 heavy (non-hydrogen) atoms. The van der Waals surface area contributed by atoms with E-state index >= 15 is 0 Å². The summed E-state index contributed by atoms with van der Waals surface area (Å²) in [6.45, 7) is 3.92. The fourth-order valence-electron chi connectivity index (χ4n) is 4.10. The molecule has 0 saturated carbocycles. The van der Waals surface area contributed by atoms with Crippen LogP contribution in [0.5, 0.6) is 0 Å². The van der Waals surface area contributed by atoms with Gasteiger partial charge in [0, 0.05) is 23.6 Å². The summed E-state index contributed by atoms with van der Waals surface area (Å²) >= 11 is 0. The first-order valence-electron chi connectivity index (χ1n) is 9.16. The van der Waals surface area contributed by atoms with E-state index in [9.17, 15) is 4.79 Å². The van der Waals surface area contributed by atoms with Gasteiger partial charge in [0.1, 0.15) is 17.6 Å². The van der Waals surface area contributed by atoms with Gasteiger partial charge in [-0.2, -0.15) is 10.1 Å². The Hall–Kier alpha value is -3.15. The van der Waals surface area contributed by atoms with Crippen LogP contribution in [0.3, 0.4) is 0 Å². The van der Waals surface area contributed by atoms with Crippen LogP contribution in [0.25, 0.3) is 0 Å². The number of nitrogens with one attached hydrogen (secondary N) is 1. The number of Topliss-reactive ketones (excluding diaryl/α,β-unsaturated/α-hetero) is 1. The number of aryl methyl sites for hydroxylation is 2. The summed E-state index contributed by atoms with van der Waals surface area (Å²) in [7, 11) is 0. The number of fused-ring (bicyclic) bond motifs is 1. The predicted octanol–water partition coefficient (Wildman–Crippen LogP) is 3.90. The molecule has 5 rings (SSSR count). The number of hydrogen-bond acceptors (Lipinski definition) is 5. The lowest BCUT2D eigenvalue weighted by Gasteiger charge is -2.34.